The summed E-state index contributed by atoms with van der Waals surface area (Å²) >= 11 is 0. The zero-order valence-corrected chi connectivity index (χ0v) is 15.3. The van der Waals surface area contributed by atoms with Crippen molar-refractivity contribution in [1.82, 2.24) is 24.7 Å². The Morgan fingerprint density at radius 1 is 0.926 bits per heavy atom. The Hall–Kier alpha value is -2.78. The smallest absolute Gasteiger partial charge is 0.177 e. The summed E-state index contributed by atoms with van der Waals surface area (Å²) in [5.74, 6) is 2.07. The number of rotatable bonds is 4. The fourth-order valence-corrected chi connectivity index (χ4v) is 3.96. The van der Waals surface area contributed by atoms with E-state index in [0.29, 0.717) is 17.4 Å². The first kappa shape index (κ1) is 16.4. The molecule has 0 radical (unpaired) electrons. The van der Waals surface area contributed by atoms with Crippen LogP contribution in [0.25, 0.3) is 5.65 Å². The molecule has 5 rings (SSSR count). The summed E-state index contributed by atoms with van der Waals surface area (Å²) in [6.07, 6.45) is 4.66. The van der Waals surface area contributed by atoms with Crippen molar-refractivity contribution in [3.8, 4) is 6.07 Å². The Bertz CT molecular complexity index is 988. The summed E-state index contributed by atoms with van der Waals surface area (Å²) in [6.45, 7) is 3.02. The highest BCUT2D eigenvalue weighted by molar-refractivity contribution is 5.38. The van der Waals surface area contributed by atoms with Crippen molar-refractivity contribution in [2.24, 2.45) is 0 Å². The van der Waals surface area contributed by atoms with Crippen LogP contribution in [-0.2, 0) is 6.54 Å². The van der Waals surface area contributed by atoms with E-state index in [4.69, 9.17) is 10.4 Å². The van der Waals surface area contributed by atoms with E-state index in [-0.39, 0.29) is 0 Å². The van der Waals surface area contributed by atoms with Gasteiger partial charge in [-0.2, -0.15) is 14.9 Å². The van der Waals surface area contributed by atoms with Crippen LogP contribution < -0.4 is 0 Å². The normalized spacial score (nSPS) is 18.6. The lowest BCUT2D eigenvalue weighted by Gasteiger charge is -2.31. The SMILES string of the molecule is N#Cc1ccc(CN2CCC(c3nnc4ccc(C5CC5)nn34)CC2)cc1. The molecule has 3 aromatic rings. The van der Waals surface area contributed by atoms with Gasteiger partial charge in [-0.1, -0.05) is 12.1 Å². The van der Waals surface area contributed by atoms with E-state index < -0.39 is 0 Å². The highest BCUT2D eigenvalue weighted by atomic mass is 15.4. The Labute approximate surface area is 158 Å². The zero-order valence-electron chi connectivity index (χ0n) is 15.3. The zero-order chi connectivity index (χ0) is 18.2. The highest BCUT2D eigenvalue weighted by Crippen LogP contribution is 2.39. The number of fused-ring (bicyclic) bond motifs is 1. The van der Waals surface area contributed by atoms with Crippen LogP contribution >= 0.6 is 0 Å². The molecular weight excluding hydrogens is 336 g/mol. The van der Waals surface area contributed by atoms with Gasteiger partial charge in [-0.25, -0.2) is 0 Å². The van der Waals surface area contributed by atoms with E-state index in [0.717, 1.165) is 43.9 Å². The minimum absolute atomic E-state index is 0.416. The predicted octanol–water partition coefficient (Wildman–Crippen LogP) is 3.25. The molecule has 0 atom stereocenters. The molecule has 0 unspecified atom stereocenters. The van der Waals surface area contributed by atoms with Gasteiger partial charge in [-0.05, 0) is 68.6 Å². The molecule has 1 aromatic carbocycles. The van der Waals surface area contributed by atoms with Crippen LogP contribution in [0.15, 0.2) is 36.4 Å². The van der Waals surface area contributed by atoms with Crippen LogP contribution in [-0.4, -0.2) is 37.8 Å². The number of hydrogen-bond donors (Lipinski definition) is 0. The van der Waals surface area contributed by atoms with E-state index in [1.807, 2.05) is 16.6 Å². The third-order valence-corrected chi connectivity index (χ3v) is 5.75. The molecule has 1 saturated carbocycles. The third-order valence-electron chi connectivity index (χ3n) is 5.75. The number of nitrogens with zero attached hydrogens (tertiary/aromatic N) is 6. The lowest BCUT2D eigenvalue weighted by molar-refractivity contribution is 0.201. The number of aromatic nitrogens is 4. The van der Waals surface area contributed by atoms with Crippen LogP contribution in [0.1, 0.15) is 60.2 Å². The van der Waals surface area contributed by atoms with E-state index in [1.54, 1.807) is 0 Å². The second kappa shape index (κ2) is 6.75. The minimum Gasteiger partial charge on any atom is -0.299 e. The first-order valence-electron chi connectivity index (χ1n) is 9.74. The fraction of sp³-hybridized carbons (Fsp3) is 0.429. The number of benzene rings is 1. The van der Waals surface area contributed by atoms with Crippen LogP contribution in [0.4, 0.5) is 0 Å². The molecule has 2 fully saturated rings. The molecule has 2 aromatic heterocycles. The van der Waals surface area contributed by atoms with E-state index in [9.17, 15) is 0 Å². The van der Waals surface area contributed by atoms with Gasteiger partial charge >= 0.3 is 0 Å². The van der Waals surface area contributed by atoms with E-state index in [1.165, 1.54) is 24.1 Å². The number of piperidine rings is 1. The topological polar surface area (TPSA) is 70.1 Å². The molecule has 6 nitrogen and oxygen atoms in total. The van der Waals surface area contributed by atoms with Crippen LogP contribution in [0.5, 0.6) is 0 Å². The van der Waals surface area contributed by atoms with E-state index in [2.05, 4.69) is 45.4 Å². The number of hydrogen-bond acceptors (Lipinski definition) is 5. The molecule has 136 valence electrons. The molecule has 1 aliphatic carbocycles. The molecule has 0 bridgehead atoms. The van der Waals surface area contributed by atoms with Crippen LogP contribution in [0, 0.1) is 11.3 Å². The van der Waals surface area contributed by atoms with Crippen molar-refractivity contribution in [2.75, 3.05) is 13.1 Å². The first-order valence-corrected chi connectivity index (χ1v) is 9.74. The van der Waals surface area contributed by atoms with Gasteiger partial charge in [0.15, 0.2) is 11.5 Å². The van der Waals surface area contributed by atoms with Gasteiger partial charge in [-0.15, -0.1) is 10.2 Å². The Kier molecular flexibility index (Phi) is 4.10. The Morgan fingerprint density at radius 2 is 1.70 bits per heavy atom. The largest absolute Gasteiger partial charge is 0.299 e. The van der Waals surface area contributed by atoms with Gasteiger partial charge in [0.05, 0.1) is 17.3 Å². The van der Waals surface area contributed by atoms with Gasteiger partial charge in [-0.3, -0.25) is 4.90 Å². The number of nitriles is 1. The Morgan fingerprint density at radius 3 is 2.41 bits per heavy atom. The Balaban J connectivity index is 1.27. The van der Waals surface area contributed by atoms with E-state index >= 15 is 0 Å². The highest BCUT2D eigenvalue weighted by Gasteiger charge is 2.28. The molecular formula is C21H22N6. The van der Waals surface area contributed by atoms with Crippen molar-refractivity contribution >= 4 is 5.65 Å². The molecule has 6 heteroatoms. The summed E-state index contributed by atoms with van der Waals surface area (Å²) in [7, 11) is 0. The van der Waals surface area contributed by atoms with Crippen LogP contribution in [0.2, 0.25) is 0 Å². The summed E-state index contributed by atoms with van der Waals surface area (Å²) < 4.78 is 1.98. The molecule has 1 aliphatic heterocycles. The molecule has 1 saturated heterocycles. The van der Waals surface area contributed by atoms with Gasteiger partial charge in [0.1, 0.15) is 0 Å². The number of likely N-dealkylation sites (tertiary alicyclic amines) is 1. The molecule has 3 heterocycles. The second-order valence-electron chi connectivity index (χ2n) is 7.72. The fourth-order valence-electron chi connectivity index (χ4n) is 3.96. The third kappa shape index (κ3) is 3.31. The van der Waals surface area contributed by atoms with Crippen LogP contribution in [0.3, 0.4) is 0 Å². The molecule has 0 amide bonds. The maximum absolute atomic E-state index is 8.92. The van der Waals surface area contributed by atoms with Crippen molar-refractivity contribution in [2.45, 2.75) is 44.1 Å². The van der Waals surface area contributed by atoms with Crippen molar-refractivity contribution in [3.05, 3.63) is 59.0 Å². The average molecular weight is 358 g/mol. The lowest BCUT2D eigenvalue weighted by Crippen LogP contribution is -2.33. The van der Waals surface area contributed by atoms with Crippen molar-refractivity contribution in [1.29, 1.82) is 5.26 Å². The standard InChI is InChI=1S/C21H22N6/c22-13-15-1-3-16(4-2-15)14-26-11-9-18(10-12-26)21-24-23-20-8-7-19(17-5-6-17)25-27(20)21/h1-4,7-8,17-18H,5-6,9-12,14H2. The predicted molar refractivity (Wildman–Crippen MR) is 101 cm³/mol. The first-order chi connectivity index (χ1) is 13.3. The summed E-state index contributed by atoms with van der Waals surface area (Å²) in [4.78, 5) is 2.48. The van der Waals surface area contributed by atoms with Crippen molar-refractivity contribution < 1.29 is 0 Å². The summed E-state index contributed by atoms with van der Waals surface area (Å²) in [5.41, 5.74) is 4.02. The van der Waals surface area contributed by atoms with Gasteiger partial charge < -0.3 is 0 Å². The molecule has 2 aliphatic rings. The summed E-state index contributed by atoms with van der Waals surface area (Å²) in [6, 6.07) is 14.2. The summed E-state index contributed by atoms with van der Waals surface area (Å²) in [5, 5.41) is 22.5. The van der Waals surface area contributed by atoms with Gasteiger partial charge in [0.25, 0.3) is 0 Å². The second-order valence-corrected chi connectivity index (χ2v) is 7.72. The minimum atomic E-state index is 0.416. The van der Waals surface area contributed by atoms with Gasteiger partial charge in [0, 0.05) is 18.4 Å². The molecule has 0 spiro atoms. The molecule has 0 N–H and O–H groups in total. The quantitative estimate of drug-likeness (QED) is 0.716. The van der Waals surface area contributed by atoms with Crippen molar-refractivity contribution in [3.63, 3.8) is 0 Å². The maximum Gasteiger partial charge on any atom is 0.177 e. The monoisotopic (exact) mass is 358 g/mol. The average Bonchev–Trinajstić information content (AvgIpc) is 3.49. The lowest BCUT2D eigenvalue weighted by atomic mass is 9.95. The molecule has 27 heavy (non-hydrogen) atoms. The van der Waals surface area contributed by atoms with Gasteiger partial charge in [0.2, 0.25) is 0 Å². The maximum atomic E-state index is 8.92.